The van der Waals surface area contributed by atoms with E-state index in [1.54, 1.807) is 24.3 Å². The number of hydrogen-bond acceptors (Lipinski definition) is 4. The van der Waals surface area contributed by atoms with Crippen molar-refractivity contribution in [2.75, 3.05) is 49.9 Å². The summed E-state index contributed by atoms with van der Waals surface area (Å²) in [6, 6.07) is 14.1. The van der Waals surface area contributed by atoms with E-state index in [4.69, 9.17) is 0 Å². The molecule has 0 aromatic heterocycles. The van der Waals surface area contributed by atoms with Crippen LogP contribution in [-0.4, -0.2) is 57.4 Å². The van der Waals surface area contributed by atoms with Crippen LogP contribution >= 0.6 is 0 Å². The van der Waals surface area contributed by atoms with Crippen molar-refractivity contribution in [2.45, 2.75) is 0 Å². The van der Waals surface area contributed by atoms with Gasteiger partial charge in [-0.15, -0.1) is 0 Å². The van der Waals surface area contributed by atoms with Crippen LogP contribution in [0.1, 0.15) is 0 Å². The summed E-state index contributed by atoms with van der Waals surface area (Å²) in [6.07, 6.45) is -1.31. The maximum absolute atomic E-state index is 12.8. The third kappa shape index (κ3) is 4.05. The van der Waals surface area contributed by atoms with Crippen LogP contribution in [0.2, 0.25) is 0 Å². The summed E-state index contributed by atoms with van der Waals surface area (Å²) in [5.74, 6) is 0. The molecular weight excluding hydrogens is 332 g/mol. The van der Waals surface area contributed by atoms with Crippen molar-refractivity contribution in [2.24, 2.45) is 0 Å². The van der Waals surface area contributed by atoms with Gasteiger partial charge in [0.25, 0.3) is 0 Å². The molecule has 0 aliphatic heterocycles. The molecular formula is C19H24N4O3. The molecule has 26 heavy (non-hydrogen) atoms. The lowest BCUT2D eigenvalue weighted by Gasteiger charge is -2.27. The highest BCUT2D eigenvalue weighted by atomic mass is 16.4. The first kappa shape index (κ1) is 19.1. The third-order valence-electron chi connectivity index (χ3n) is 4.01. The van der Waals surface area contributed by atoms with Crippen LogP contribution in [0.4, 0.5) is 32.3 Å². The Labute approximate surface area is 153 Å². The van der Waals surface area contributed by atoms with Crippen LogP contribution in [0, 0.1) is 0 Å². The van der Waals surface area contributed by atoms with E-state index in [0.29, 0.717) is 16.3 Å². The van der Waals surface area contributed by atoms with Gasteiger partial charge in [0.2, 0.25) is 0 Å². The summed E-state index contributed by atoms with van der Waals surface area (Å²) in [4.78, 5) is 30.0. The Bertz CT molecular complexity index is 719. The number of nitrogens with zero attached hydrogens (tertiary/aromatic N) is 4. The monoisotopic (exact) mass is 356 g/mol. The molecule has 0 aliphatic carbocycles. The number of urea groups is 1. The fraction of sp³-hybridized carbons (Fsp3) is 0.263. The zero-order chi connectivity index (χ0) is 19.4. The average molecular weight is 356 g/mol. The second-order valence-corrected chi connectivity index (χ2v) is 6.28. The number of anilines is 4. The van der Waals surface area contributed by atoms with Gasteiger partial charge in [-0.1, -0.05) is 0 Å². The van der Waals surface area contributed by atoms with Gasteiger partial charge in [-0.25, -0.2) is 14.5 Å². The third-order valence-corrected chi connectivity index (χ3v) is 4.01. The average Bonchev–Trinajstić information content (AvgIpc) is 2.61. The molecule has 2 aromatic carbocycles. The van der Waals surface area contributed by atoms with E-state index in [-0.39, 0.29) is 0 Å². The van der Waals surface area contributed by atoms with Crippen molar-refractivity contribution in [1.29, 1.82) is 0 Å². The SMILES string of the molecule is CN(C(=O)O)C(=O)N(c1ccc(N(C)C)cc1)c1ccc(N(C)C)cc1. The molecule has 1 N–H and O–H groups in total. The molecule has 7 heteroatoms. The summed E-state index contributed by atoms with van der Waals surface area (Å²) in [6.45, 7) is 0. The Balaban J connectivity index is 2.47. The first-order valence-corrected chi connectivity index (χ1v) is 8.08. The van der Waals surface area contributed by atoms with E-state index >= 15 is 0 Å². The second-order valence-electron chi connectivity index (χ2n) is 6.28. The van der Waals surface area contributed by atoms with Crippen molar-refractivity contribution in [1.82, 2.24) is 4.90 Å². The second kappa shape index (κ2) is 7.77. The molecule has 138 valence electrons. The minimum Gasteiger partial charge on any atom is -0.465 e. The topological polar surface area (TPSA) is 67.3 Å². The van der Waals surface area contributed by atoms with Gasteiger partial charge in [-0.2, -0.15) is 0 Å². The largest absolute Gasteiger partial charge is 0.465 e. The Morgan fingerprint density at radius 1 is 0.654 bits per heavy atom. The van der Waals surface area contributed by atoms with Crippen LogP contribution in [0.5, 0.6) is 0 Å². The Morgan fingerprint density at radius 2 is 0.962 bits per heavy atom. The first-order chi connectivity index (χ1) is 12.2. The van der Waals surface area contributed by atoms with Crippen LogP contribution in [0.3, 0.4) is 0 Å². The zero-order valence-corrected chi connectivity index (χ0v) is 15.7. The van der Waals surface area contributed by atoms with Gasteiger partial charge in [0.05, 0.1) is 11.4 Å². The number of imide groups is 1. The number of benzene rings is 2. The standard InChI is InChI=1S/C19H24N4O3/c1-20(2)14-6-10-16(11-7-14)23(18(24)22(5)19(25)26)17-12-8-15(9-13-17)21(3)4/h6-13H,1-5H3,(H,25,26). The molecule has 2 rings (SSSR count). The molecule has 0 saturated carbocycles. The van der Waals surface area contributed by atoms with Crippen LogP contribution in [0.15, 0.2) is 48.5 Å². The lowest BCUT2D eigenvalue weighted by atomic mass is 10.2. The molecule has 2 aromatic rings. The van der Waals surface area contributed by atoms with E-state index in [1.807, 2.05) is 62.3 Å². The van der Waals surface area contributed by atoms with Crippen molar-refractivity contribution in [3.8, 4) is 0 Å². The highest BCUT2D eigenvalue weighted by Gasteiger charge is 2.25. The summed E-state index contributed by atoms with van der Waals surface area (Å²) < 4.78 is 0. The molecule has 0 aliphatic rings. The molecule has 0 spiro atoms. The lowest BCUT2D eigenvalue weighted by molar-refractivity contribution is 0.159. The first-order valence-electron chi connectivity index (χ1n) is 8.08. The van der Waals surface area contributed by atoms with Gasteiger partial charge >= 0.3 is 12.1 Å². The van der Waals surface area contributed by atoms with Gasteiger partial charge in [0.15, 0.2) is 0 Å². The van der Waals surface area contributed by atoms with Crippen molar-refractivity contribution >= 4 is 34.9 Å². The fourth-order valence-electron chi connectivity index (χ4n) is 2.40. The summed E-state index contributed by atoms with van der Waals surface area (Å²) in [5.41, 5.74) is 3.14. The molecule has 0 heterocycles. The predicted molar refractivity (Wildman–Crippen MR) is 105 cm³/mol. The Kier molecular flexibility index (Phi) is 5.71. The number of amides is 3. The molecule has 3 amide bonds. The number of carbonyl (C=O) groups is 2. The minimum absolute atomic E-state index is 0.589. The Morgan fingerprint density at radius 3 is 1.23 bits per heavy atom. The van der Waals surface area contributed by atoms with Crippen LogP contribution in [0.25, 0.3) is 0 Å². The van der Waals surface area contributed by atoms with Gasteiger partial charge in [0, 0.05) is 46.6 Å². The quantitative estimate of drug-likeness (QED) is 0.905. The fourth-order valence-corrected chi connectivity index (χ4v) is 2.40. The normalized spacial score (nSPS) is 10.2. The Hall–Kier alpha value is -3.22. The smallest absolute Gasteiger partial charge is 0.415 e. The molecule has 0 unspecified atom stereocenters. The van der Waals surface area contributed by atoms with E-state index in [0.717, 1.165) is 11.4 Å². The minimum atomic E-state index is -1.31. The van der Waals surface area contributed by atoms with E-state index in [1.165, 1.54) is 11.9 Å². The predicted octanol–water partition coefficient (Wildman–Crippen LogP) is 3.69. The molecule has 0 atom stereocenters. The summed E-state index contributed by atoms with van der Waals surface area (Å²) >= 11 is 0. The maximum Gasteiger partial charge on any atom is 0.415 e. The van der Waals surface area contributed by atoms with Crippen molar-refractivity contribution in [3.05, 3.63) is 48.5 Å². The van der Waals surface area contributed by atoms with E-state index in [2.05, 4.69) is 0 Å². The van der Waals surface area contributed by atoms with Crippen LogP contribution in [-0.2, 0) is 0 Å². The summed E-state index contributed by atoms with van der Waals surface area (Å²) in [5, 5.41) is 9.19. The molecule has 0 radical (unpaired) electrons. The van der Waals surface area contributed by atoms with Gasteiger partial charge in [-0.3, -0.25) is 4.90 Å². The molecule has 0 saturated heterocycles. The lowest BCUT2D eigenvalue weighted by Crippen LogP contribution is -2.41. The summed E-state index contributed by atoms with van der Waals surface area (Å²) in [7, 11) is 8.94. The van der Waals surface area contributed by atoms with E-state index in [9.17, 15) is 14.7 Å². The molecule has 0 bridgehead atoms. The molecule has 0 fully saturated rings. The van der Waals surface area contributed by atoms with E-state index < -0.39 is 12.1 Å². The zero-order valence-electron chi connectivity index (χ0n) is 15.7. The van der Waals surface area contributed by atoms with Crippen molar-refractivity contribution in [3.63, 3.8) is 0 Å². The highest BCUT2D eigenvalue weighted by molar-refractivity contribution is 6.05. The highest BCUT2D eigenvalue weighted by Crippen LogP contribution is 2.30. The van der Waals surface area contributed by atoms with Gasteiger partial charge in [0.1, 0.15) is 0 Å². The number of carboxylic acid groups (broad SMARTS) is 1. The number of carbonyl (C=O) groups excluding carboxylic acids is 1. The molecule has 7 nitrogen and oxygen atoms in total. The number of hydrogen-bond donors (Lipinski definition) is 1. The van der Waals surface area contributed by atoms with Crippen molar-refractivity contribution < 1.29 is 14.7 Å². The van der Waals surface area contributed by atoms with Gasteiger partial charge in [-0.05, 0) is 48.5 Å². The van der Waals surface area contributed by atoms with Gasteiger partial charge < -0.3 is 14.9 Å². The maximum atomic E-state index is 12.8. The number of rotatable bonds is 4. The van der Waals surface area contributed by atoms with Crippen LogP contribution < -0.4 is 14.7 Å².